The lowest BCUT2D eigenvalue weighted by Crippen LogP contribution is -2.44. The highest BCUT2D eigenvalue weighted by Crippen LogP contribution is 2.27. The summed E-state index contributed by atoms with van der Waals surface area (Å²) in [6.45, 7) is 4.09. The molecule has 5 heteroatoms. The molecule has 2 heterocycles. The molecule has 1 saturated carbocycles. The first kappa shape index (κ1) is 12.9. The summed E-state index contributed by atoms with van der Waals surface area (Å²) in [5, 5.41) is 10.8. The van der Waals surface area contributed by atoms with Gasteiger partial charge in [0.25, 0.3) is 0 Å². The van der Waals surface area contributed by atoms with Gasteiger partial charge < -0.3 is 10.2 Å². The van der Waals surface area contributed by atoms with Crippen LogP contribution in [0.15, 0.2) is 0 Å². The second-order valence-corrected chi connectivity index (χ2v) is 5.86. The van der Waals surface area contributed by atoms with Crippen molar-refractivity contribution in [3.8, 4) is 0 Å². The maximum Gasteiger partial charge on any atom is 0.244 e. The molecule has 2 fully saturated rings. The number of hydrogen-bond donors (Lipinski definition) is 2. The van der Waals surface area contributed by atoms with Crippen molar-refractivity contribution in [1.82, 2.24) is 20.5 Å². The number of H-pyrrole nitrogens is 1. The summed E-state index contributed by atoms with van der Waals surface area (Å²) in [5.41, 5.74) is 0. The Kier molecular flexibility index (Phi) is 4.33. The minimum absolute atomic E-state index is 0.889. The first-order valence-electron chi connectivity index (χ1n) is 7.79. The second kappa shape index (κ2) is 6.37. The molecule has 0 radical (unpaired) electrons. The molecule has 1 aliphatic carbocycles. The van der Waals surface area contributed by atoms with Crippen LogP contribution >= 0.6 is 0 Å². The third kappa shape index (κ3) is 3.47. The van der Waals surface area contributed by atoms with Gasteiger partial charge in [0.2, 0.25) is 5.95 Å². The number of hydrogen-bond acceptors (Lipinski definition) is 4. The van der Waals surface area contributed by atoms with Gasteiger partial charge >= 0.3 is 0 Å². The molecular formula is C14H25N5. The number of aromatic nitrogens is 3. The number of aromatic amines is 1. The van der Waals surface area contributed by atoms with Gasteiger partial charge in [0.05, 0.1) is 0 Å². The van der Waals surface area contributed by atoms with E-state index in [1.54, 1.807) is 0 Å². The van der Waals surface area contributed by atoms with Gasteiger partial charge in [-0.15, -0.1) is 5.10 Å². The molecule has 5 nitrogen and oxygen atoms in total. The molecule has 0 spiro atoms. The zero-order chi connectivity index (χ0) is 12.9. The average molecular weight is 263 g/mol. The van der Waals surface area contributed by atoms with E-state index in [-0.39, 0.29) is 0 Å². The average Bonchev–Trinajstić information content (AvgIpc) is 2.96. The van der Waals surface area contributed by atoms with E-state index in [1.807, 2.05) is 0 Å². The van der Waals surface area contributed by atoms with Crippen molar-refractivity contribution in [3.05, 3.63) is 5.82 Å². The van der Waals surface area contributed by atoms with Gasteiger partial charge in [0, 0.05) is 32.6 Å². The summed E-state index contributed by atoms with van der Waals surface area (Å²) in [5.74, 6) is 2.88. The topological polar surface area (TPSA) is 56.8 Å². The molecule has 0 atom stereocenters. The van der Waals surface area contributed by atoms with Crippen LogP contribution in [0.2, 0.25) is 0 Å². The quantitative estimate of drug-likeness (QED) is 0.868. The fourth-order valence-electron chi connectivity index (χ4n) is 3.22. The fourth-order valence-corrected chi connectivity index (χ4v) is 3.22. The van der Waals surface area contributed by atoms with Gasteiger partial charge in [0.15, 0.2) is 0 Å². The number of anilines is 1. The molecule has 2 N–H and O–H groups in total. The Balaban J connectivity index is 1.49. The minimum Gasteiger partial charge on any atom is -0.337 e. The normalized spacial score (nSPS) is 21.8. The third-order valence-corrected chi connectivity index (χ3v) is 4.43. The van der Waals surface area contributed by atoms with E-state index in [4.69, 9.17) is 0 Å². The van der Waals surface area contributed by atoms with Gasteiger partial charge in [-0.25, -0.2) is 0 Å². The van der Waals surface area contributed by atoms with Gasteiger partial charge in [-0.3, -0.25) is 5.10 Å². The first-order chi connectivity index (χ1) is 9.42. The molecular weight excluding hydrogens is 238 g/mol. The van der Waals surface area contributed by atoms with Crippen LogP contribution in [0.4, 0.5) is 5.95 Å². The lowest BCUT2D eigenvalue weighted by molar-refractivity contribution is 0.337. The number of rotatable bonds is 4. The highest BCUT2D eigenvalue weighted by Gasteiger charge is 2.17. The summed E-state index contributed by atoms with van der Waals surface area (Å²) in [6.07, 6.45) is 9.45. The molecule has 0 aromatic carbocycles. The van der Waals surface area contributed by atoms with Gasteiger partial charge in [0.1, 0.15) is 5.82 Å². The van der Waals surface area contributed by atoms with E-state index in [9.17, 15) is 0 Å². The number of nitrogens with one attached hydrogen (secondary N) is 2. The van der Waals surface area contributed by atoms with Crippen LogP contribution in [0, 0.1) is 5.92 Å². The molecule has 1 aliphatic heterocycles. The predicted molar refractivity (Wildman–Crippen MR) is 76.4 cm³/mol. The largest absolute Gasteiger partial charge is 0.337 e. The molecule has 0 unspecified atom stereocenters. The number of piperazine rings is 1. The van der Waals surface area contributed by atoms with Crippen molar-refractivity contribution in [2.75, 3.05) is 31.1 Å². The Bertz CT molecular complexity index is 377. The molecule has 0 amide bonds. The van der Waals surface area contributed by atoms with E-state index in [2.05, 4.69) is 25.4 Å². The Hall–Kier alpha value is -1.10. The van der Waals surface area contributed by atoms with E-state index >= 15 is 0 Å². The van der Waals surface area contributed by atoms with Gasteiger partial charge in [-0.1, -0.05) is 32.1 Å². The zero-order valence-electron chi connectivity index (χ0n) is 11.7. The smallest absolute Gasteiger partial charge is 0.244 e. The molecule has 2 aliphatic rings. The minimum atomic E-state index is 0.889. The van der Waals surface area contributed by atoms with Crippen molar-refractivity contribution in [2.45, 2.75) is 44.9 Å². The summed E-state index contributed by atoms with van der Waals surface area (Å²) in [6, 6.07) is 0. The molecule has 19 heavy (non-hydrogen) atoms. The van der Waals surface area contributed by atoms with Crippen LogP contribution in [0.3, 0.4) is 0 Å². The molecule has 106 valence electrons. The Labute approximate surface area is 115 Å². The predicted octanol–water partition coefficient (Wildman–Crippen LogP) is 1.73. The second-order valence-electron chi connectivity index (χ2n) is 5.86. The lowest BCUT2D eigenvalue weighted by atomic mass is 9.86. The maximum absolute atomic E-state index is 4.65. The molecule has 1 aromatic rings. The Morgan fingerprint density at radius 1 is 1.11 bits per heavy atom. The SMILES string of the molecule is C1CCC(CCc2nc(N3CCNCC3)n[nH]2)CC1. The van der Waals surface area contributed by atoms with E-state index < -0.39 is 0 Å². The lowest BCUT2D eigenvalue weighted by Gasteiger charge is -2.25. The summed E-state index contributed by atoms with van der Waals surface area (Å²) < 4.78 is 0. The zero-order valence-corrected chi connectivity index (χ0v) is 11.7. The monoisotopic (exact) mass is 263 g/mol. The van der Waals surface area contributed by atoms with Crippen LogP contribution in [0.5, 0.6) is 0 Å². The summed E-state index contributed by atoms with van der Waals surface area (Å²) in [7, 11) is 0. The first-order valence-corrected chi connectivity index (χ1v) is 7.79. The van der Waals surface area contributed by atoms with E-state index in [0.717, 1.165) is 50.3 Å². The number of nitrogens with zero attached hydrogens (tertiary/aromatic N) is 3. The molecule has 1 saturated heterocycles. The van der Waals surface area contributed by atoms with E-state index in [0.29, 0.717) is 0 Å². The maximum atomic E-state index is 4.65. The van der Waals surface area contributed by atoms with Gasteiger partial charge in [-0.2, -0.15) is 4.98 Å². The van der Waals surface area contributed by atoms with Crippen molar-refractivity contribution in [1.29, 1.82) is 0 Å². The standard InChI is InChI=1S/C14H25N5/c1-2-4-12(5-3-1)6-7-13-16-14(18-17-13)19-10-8-15-9-11-19/h12,15H,1-11H2,(H,16,17,18). The fraction of sp³-hybridized carbons (Fsp3) is 0.857. The van der Waals surface area contributed by atoms with E-state index in [1.165, 1.54) is 38.5 Å². The van der Waals surface area contributed by atoms with Crippen LogP contribution in [0.1, 0.15) is 44.3 Å². The Morgan fingerprint density at radius 3 is 2.68 bits per heavy atom. The van der Waals surface area contributed by atoms with Crippen LogP contribution < -0.4 is 10.2 Å². The van der Waals surface area contributed by atoms with Crippen molar-refractivity contribution in [3.63, 3.8) is 0 Å². The number of aryl methyl sites for hydroxylation is 1. The van der Waals surface area contributed by atoms with Crippen LogP contribution in [-0.2, 0) is 6.42 Å². The Morgan fingerprint density at radius 2 is 1.89 bits per heavy atom. The summed E-state index contributed by atoms with van der Waals surface area (Å²) >= 11 is 0. The highest BCUT2D eigenvalue weighted by atomic mass is 15.4. The molecule has 1 aromatic heterocycles. The van der Waals surface area contributed by atoms with Crippen molar-refractivity contribution < 1.29 is 0 Å². The summed E-state index contributed by atoms with van der Waals surface area (Å²) in [4.78, 5) is 6.91. The van der Waals surface area contributed by atoms with Crippen LogP contribution in [-0.4, -0.2) is 41.4 Å². The third-order valence-electron chi connectivity index (χ3n) is 4.43. The van der Waals surface area contributed by atoms with Crippen LogP contribution in [0.25, 0.3) is 0 Å². The van der Waals surface area contributed by atoms with Gasteiger partial charge in [-0.05, 0) is 12.3 Å². The molecule has 3 rings (SSSR count). The molecule has 0 bridgehead atoms. The highest BCUT2D eigenvalue weighted by molar-refractivity contribution is 5.29. The van der Waals surface area contributed by atoms with Crippen molar-refractivity contribution in [2.24, 2.45) is 5.92 Å². The van der Waals surface area contributed by atoms with Crippen molar-refractivity contribution >= 4 is 5.95 Å².